The fraction of sp³-hybridized carbons (Fsp3) is 0.375. The van der Waals surface area contributed by atoms with Crippen LogP contribution in [-0.2, 0) is 46.4 Å². The van der Waals surface area contributed by atoms with E-state index in [4.69, 9.17) is 18.9 Å². The van der Waals surface area contributed by atoms with E-state index in [0.717, 1.165) is 46.8 Å². The number of methoxy groups -OCH3 is 1. The van der Waals surface area contributed by atoms with Gasteiger partial charge in [0.05, 0.1) is 24.5 Å². The van der Waals surface area contributed by atoms with Crippen LogP contribution >= 0.6 is 0 Å². The second-order valence-electron chi connectivity index (χ2n) is 11.4. The Bertz CT molecular complexity index is 1790. The van der Waals surface area contributed by atoms with Crippen molar-refractivity contribution in [1.29, 1.82) is 0 Å². The van der Waals surface area contributed by atoms with Crippen molar-refractivity contribution in [2.24, 2.45) is 0 Å². The first kappa shape index (κ1) is 27.2. The summed E-state index contributed by atoms with van der Waals surface area (Å²) in [4.78, 5) is 53.5. The molecule has 11 nitrogen and oxygen atoms in total. The Morgan fingerprint density at radius 3 is 2.63 bits per heavy atom. The molecule has 7 rings (SSSR count). The molecule has 0 saturated carbocycles. The second kappa shape index (κ2) is 10.6. The molecule has 2 aromatic carbocycles. The van der Waals surface area contributed by atoms with Gasteiger partial charge in [0, 0.05) is 61.1 Å². The summed E-state index contributed by atoms with van der Waals surface area (Å²) in [6.45, 7) is 2.19. The molecule has 0 aliphatic carbocycles. The highest BCUT2D eigenvalue weighted by atomic mass is 16.7. The van der Waals surface area contributed by atoms with Gasteiger partial charge >= 0.3 is 11.9 Å². The number of carbonyl (C=O) groups is 4. The zero-order valence-electron chi connectivity index (χ0n) is 23.8. The van der Waals surface area contributed by atoms with Crippen LogP contribution < -0.4 is 10.1 Å². The van der Waals surface area contributed by atoms with E-state index in [1.807, 2.05) is 24.4 Å². The van der Waals surface area contributed by atoms with Gasteiger partial charge in [-0.1, -0.05) is 18.2 Å². The molecule has 5 unspecified atom stereocenters. The summed E-state index contributed by atoms with van der Waals surface area (Å²) in [5.41, 5.74) is 4.69. The third-order valence-electron chi connectivity index (χ3n) is 8.67. The lowest BCUT2D eigenvalue weighted by Gasteiger charge is -2.33. The molecular weight excluding hydrogens is 554 g/mol. The average molecular weight is 586 g/mol. The number of amides is 2. The molecule has 2 saturated heterocycles. The van der Waals surface area contributed by atoms with E-state index >= 15 is 0 Å². The zero-order chi connectivity index (χ0) is 29.8. The minimum absolute atomic E-state index is 0.175. The Morgan fingerprint density at radius 1 is 1.02 bits per heavy atom. The van der Waals surface area contributed by atoms with Crippen LogP contribution in [0.25, 0.3) is 21.8 Å². The first-order valence-electron chi connectivity index (χ1n) is 14.4. The van der Waals surface area contributed by atoms with Gasteiger partial charge < -0.3 is 28.5 Å². The number of carbonyl (C=O) groups excluding carboxylic acids is 4. The van der Waals surface area contributed by atoms with E-state index < -0.39 is 42.3 Å². The monoisotopic (exact) mass is 585 g/mol. The van der Waals surface area contributed by atoms with Crippen LogP contribution in [0.1, 0.15) is 54.7 Å². The molecule has 2 aromatic heterocycles. The van der Waals surface area contributed by atoms with Crippen molar-refractivity contribution >= 4 is 45.6 Å². The first-order chi connectivity index (χ1) is 20.8. The van der Waals surface area contributed by atoms with Crippen molar-refractivity contribution in [1.82, 2.24) is 14.9 Å². The van der Waals surface area contributed by atoms with Crippen molar-refractivity contribution in [3.8, 4) is 5.75 Å². The van der Waals surface area contributed by atoms with Crippen LogP contribution in [0.15, 0.2) is 48.8 Å². The Kier molecular flexibility index (Phi) is 6.69. The zero-order valence-corrected chi connectivity index (χ0v) is 23.8. The number of ether oxygens (including phenoxy) is 4. The van der Waals surface area contributed by atoms with E-state index in [-0.39, 0.29) is 24.7 Å². The Labute approximate surface area is 246 Å². The minimum Gasteiger partial charge on any atom is -0.467 e. The number of H-pyrrole nitrogens is 1. The van der Waals surface area contributed by atoms with E-state index in [1.54, 1.807) is 18.3 Å². The molecule has 5 heterocycles. The third-order valence-corrected chi connectivity index (χ3v) is 8.67. The number of imide groups is 1. The predicted molar refractivity (Wildman–Crippen MR) is 153 cm³/mol. The van der Waals surface area contributed by atoms with Crippen LogP contribution in [-0.4, -0.2) is 58.9 Å². The average Bonchev–Trinajstić information content (AvgIpc) is 3.65. The molecule has 3 aliphatic heterocycles. The summed E-state index contributed by atoms with van der Waals surface area (Å²) in [6.07, 6.45) is 3.89. The fourth-order valence-corrected chi connectivity index (χ4v) is 6.90. The van der Waals surface area contributed by atoms with Gasteiger partial charge in [0.1, 0.15) is 11.9 Å². The number of aryl methyl sites for hydroxylation is 2. The lowest BCUT2D eigenvalue weighted by Crippen LogP contribution is -2.44. The van der Waals surface area contributed by atoms with E-state index in [9.17, 15) is 19.2 Å². The molecule has 5 atom stereocenters. The van der Waals surface area contributed by atoms with Gasteiger partial charge in [0.2, 0.25) is 18.1 Å². The van der Waals surface area contributed by atoms with Crippen LogP contribution in [0.4, 0.5) is 0 Å². The highest BCUT2D eigenvalue weighted by molar-refractivity contribution is 6.13. The van der Waals surface area contributed by atoms with Gasteiger partial charge in [-0.05, 0) is 41.7 Å². The number of rotatable bonds is 6. The number of hydrogen-bond donors (Lipinski definition) is 2. The highest BCUT2D eigenvalue weighted by Gasteiger charge is 2.46. The molecule has 3 aliphatic rings. The Balaban J connectivity index is 1.18. The van der Waals surface area contributed by atoms with E-state index in [2.05, 4.69) is 20.9 Å². The number of fused-ring (bicyclic) bond motifs is 1. The number of benzene rings is 2. The van der Waals surface area contributed by atoms with Crippen molar-refractivity contribution in [2.75, 3.05) is 7.11 Å². The Morgan fingerprint density at radius 2 is 1.84 bits per heavy atom. The topological polar surface area (TPSA) is 138 Å². The highest BCUT2D eigenvalue weighted by Crippen LogP contribution is 2.44. The Hall–Kier alpha value is -4.64. The molecule has 0 spiro atoms. The first-order valence-corrected chi connectivity index (χ1v) is 14.4. The standard InChI is InChI=1S/C32H31N3O8/c1-16(36)41-19-12-25(32(39)40-2)43-26(13-19)42-18-8-9-20-22(14-33-24(20)11-18)27-28(31(38)34-30(27)37)23-15-35-10-4-6-17-5-3-7-21(23)29(17)35/h3,5,7-9,11,14-15,19,25-28,33H,4,6,10,12-13H2,1-2H3,(H,34,37,38). The number of aromatic amines is 1. The van der Waals surface area contributed by atoms with Gasteiger partial charge in [0.25, 0.3) is 0 Å². The summed E-state index contributed by atoms with van der Waals surface area (Å²) >= 11 is 0. The summed E-state index contributed by atoms with van der Waals surface area (Å²) in [7, 11) is 1.27. The number of esters is 2. The van der Waals surface area contributed by atoms with E-state index in [0.29, 0.717) is 11.3 Å². The molecule has 2 N–H and O–H groups in total. The summed E-state index contributed by atoms with van der Waals surface area (Å²) in [5.74, 6) is -2.58. The normalized spacial score (nSPS) is 25.1. The summed E-state index contributed by atoms with van der Waals surface area (Å²) in [6, 6.07) is 11.5. The van der Waals surface area contributed by atoms with Crippen molar-refractivity contribution in [3.05, 3.63) is 65.5 Å². The van der Waals surface area contributed by atoms with Gasteiger partial charge in [-0.25, -0.2) is 4.79 Å². The van der Waals surface area contributed by atoms with Crippen molar-refractivity contribution in [2.45, 2.75) is 69.5 Å². The lowest BCUT2D eigenvalue weighted by atomic mass is 9.83. The maximum atomic E-state index is 13.3. The van der Waals surface area contributed by atoms with Crippen LogP contribution in [0.3, 0.4) is 0 Å². The van der Waals surface area contributed by atoms with Crippen molar-refractivity contribution < 1.29 is 38.1 Å². The molecule has 0 radical (unpaired) electrons. The van der Waals surface area contributed by atoms with Gasteiger partial charge in [-0.3, -0.25) is 19.7 Å². The quantitative estimate of drug-likeness (QED) is 0.259. The number of hydrogen-bond acceptors (Lipinski definition) is 8. The fourth-order valence-electron chi connectivity index (χ4n) is 6.90. The minimum atomic E-state index is -0.934. The molecule has 4 aromatic rings. The van der Waals surface area contributed by atoms with Gasteiger partial charge in [0.15, 0.2) is 6.10 Å². The second-order valence-corrected chi connectivity index (χ2v) is 11.4. The molecule has 0 bridgehead atoms. The molecular formula is C32H31N3O8. The van der Waals surface area contributed by atoms with Crippen LogP contribution in [0, 0.1) is 0 Å². The van der Waals surface area contributed by atoms with Gasteiger partial charge in [-0.15, -0.1) is 0 Å². The third kappa shape index (κ3) is 4.73. The molecule has 2 amide bonds. The largest absolute Gasteiger partial charge is 0.467 e. The number of nitrogens with one attached hydrogen (secondary N) is 2. The lowest BCUT2D eigenvalue weighted by molar-refractivity contribution is -0.204. The van der Waals surface area contributed by atoms with E-state index in [1.165, 1.54) is 19.6 Å². The van der Waals surface area contributed by atoms with Crippen molar-refractivity contribution in [3.63, 3.8) is 0 Å². The predicted octanol–water partition coefficient (Wildman–Crippen LogP) is 3.58. The number of para-hydroxylation sites is 1. The van der Waals surface area contributed by atoms with Crippen LogP contribution in [0.5, 0.6) is 5.75 Å². The smallest absolute Gasteiger partial charge is 0.335 e. The molecule has 222 valence electrons. The molecule has 43 heavy (non-hydrogen) atoms. The van der Waals surface area contributed by atoms with Gasteiger partial charge in [-0.2, -0.15) is 0 Å². The molecule has 11 heteroatoms. The number of aromatic nitrogens is 2. The summed E-state index contributed by atoms with van der Waals surface area (Å²) < 4.78 is 24.3. The number of nitrogens with zero attached hydrogens (tertiary/aromatic N) is 1. The van der Waals surface area contributed by atoms with Crippen LogP contribution in [0.2, 0.25) is 0 Å². The SMILES string of the molecule is COC(=O)C1CC(OC(C)=O)CC(Oc2ccc3c(C4C(=O)NC(=O)C4c4cn5c6c(cccc46)CCC5)c[nH]c3c2)O1. The maximum Gasteiger partial charge on any atom is 0.335 e. The summed E-state index contributed by atoms with van der Waals surface area (Å²) in [5, 5.41) is 4.38. The maximum absolute atomic E-state index is 13.3. The molecule has 2 fully saturated rings.